The highest BCUT2D eigenvalue weighted by molar-refractivity contribution is 5.68. The summed E-state index contributed by atoms with van der Waals surface area (Å²) in [4.78, 5) is 13.5. The molecule has 0 aromatic rings. The first kappa shape index (κ1) is 16.1. The molecule has 1 unspecified atom stereocenters. The molecule has 0 spiro atoms. The molecular formula is C13H24F2N2O2. The second-order valence-corrected chi connectivity index (χ2v) is 6.28. The van der Waals surface area contributed by atoms with E-state index in [1.54, 1.807) is 25.7 Å². The minimum absolute atomic E-state index is 0.310. The highest BCUT2D eigenvalue weighted by Gasteiger charge is 2.33. The number of rotatable bonds is 2. The first-order valence-electron chi connectivity index (χ1n) is 6.66. The van der Waals surface area contributed by atoms with E-state index in [9.17, 15) is 13.6 Å². The predicted molar refractivity (Wildman–Crippen MR) is 69.2 cm³/mol. The zero-order chi connectivity index (χ0) is 14.7. The van der Waals surface area contributed by atoms with Gasteiger partial charge in [0.1, 0.15) is 5.60 Å². The summed E-state index contributed by atoms with van der Waals surface area (Å²) in [7, 11) is 0. The van der Waals surface area contributed by atoms with E-state index in [1.165, 1.54) is 0 Å². The van der Waals surface area contributed by atoms with E-state index in [0.717, 1.165) is 0 Å². The standard InChI is InChI=1S/C13H24F2N2O2/c1-12(2,3)19-11(18)17-7-4-5-13(16,6-8-17)9-10(14)15/h10H,4-9,16H2,1-3H3. The van der Waals surface area contributed by atoms with Gasteiger partial charge in [0.2, 0.25) is 6.43 Å². The second-order valence-electron chi connectivity index (χ2n) is 6.28. The van der Waals surface area contributed by atoms with E-state index in [1.807, 2.05) is 0 Å². The predicted octanol–water partition coefficient (Wildman–Crippen LogP) is 2.76. The first-order valence-corrected chi connectivity index (χ1v) is 6.66. The Hall–Kier alpha value is -0.910. The van der Waals surface area contributed by atoms with Crippen LogP contribution in [0.1, 0.15) is 46.5 Å². The molecule has 1 aliphatic heterocycles. The molecule has 0 saturated carbocycles. The van der Waals surface area contributed by atoms with Gasteiger partial charge in [-0.25, -0.2) is 13.6 Å². The smallest absolute Gasteiger partial charge is 0.410 e. The number of hydrogen-bond donors (Lipinski definition) is 1. The van der Waals surface area contributed by atoms with Crippen molar-refractivity contribution >= 4 is 6.09 Å². The summed E-state index contributed by atoms with van der Waals surface area (Å²) in [6, 6.07) is 0. The van der Waals surface area contributed by atoms with Crippen LogP contribution in [0, 0.1) is 0 Å². The largest absolute Gasteiger partial charge is 0.444 e. The van der Waals surface area contributed by atoms with Crippen molar-refractivity contribution in [2.45, 2.75) is 64.0 Å². The number of amides is 1. The van der Waals surface area contributed by atoms with Gasteiger partial charge < -0.3 is 15.4 Å². The molecule has 1 aliphatic rings. The maximum atomic E-state index is 12.5. The number of carbonyl (C=O) groups is 1. The highest BCUT2D eigenvalue weighted by atomic mass is 19.3. The first-order chi connectivity index (χ1) is 8.61. The van der Waals surface area contributed by atoms with Crippen molar-refractivity contribution in [1.82, 2.24) is 4.90 Å². The van der Waals surface area contributed by atoms with Crippen LogP contribution in [0.2, 0.25) is 0 Å². The monoisotopic (exact) mass is 278 g/mol. The minimum atomic E-state index is -2.40. The molecule has 19 heavy (non-hydrogen) atoms. The number of carbonyl (C=O) groups excluding carboxylic acids is 1. The van der Waals surface area contributed by atoms with E-state index < -0.39 is 23.7 Å². The quantitative estimate of drug-likeness (QED) is 0.845. The van der Waals surface area contributed by atoms with E-state index in [4.69, 9.17) is 10.5 Å². The molecule has 1 saturated heterocycles. The van der Waals surface area contributed by atoms with Crippen molar-refractivity contribution in [3.63, 3.8) is 0 Å². The molecule has 1 heterocycles. The summed E-state index contributed by atoms with van der Waals surface area (Å²) in [6.07, 6.45) is -1.59. The van der Waals surface area contributed by atoms with Gasteiger partial charge in [-0.3, -0.25) is 0 Å². The fourth-order valence-corrected chi connectivity index (χ4v) is 2.24. The summed E-state index contributed by atoms with van der Waals surface area (Å²) in [6.45, 7) is 6.28. The van der Waals surface area contributed by atoms with Gasteiger partial charge in [-0.2, -0.15) is 0 Å². The third-order valence-electron chi connectivity index (χ3n) is 3.19. The molecule has 0 aromatic heterocycles. The number of hydrogen-bond acceptors (Lipinski definition) is 3. The fourth-order valence-electron chi connectivity index (χ4n) is 2.24. The van der Waals surface area contributed by atoms with E-state index in [-0.39, 0.29) is 6.42 Å². The average Bonchev–Trinajstić information content (AvgIpc) is 2.36. The number of likely N-dealkylation sites (tertiary alicyclic amines) is 1. The van der Waals surface area contributed by atoms with Crippen molar-refractivity contribution < 1.29 is 18.3 Å². The van der Waals surface area contributed by atoms with Gasteiger partial charge in [-0.1, -0.05) is 0 Å². The molecule has 1 rings (SSSR count). The third-order valence-corrected chi connectivity index (χ3v) is 3.19. The average molecular weight is 278 g/mol. The summed E-state index contributed by atoms with van der Waals surface area (Å²) in [5.41, 5.74) is 4.57. The number of nitrogens with two attached hydrogens (primary N) is 1. The highest BCUT2D eigenvalue weighted by Crippen LogP contribution is 2.26. The lowest BCUT2D eigenvalue weighted by Gasteiger charge is -2.28. The van der Waals surface area contributed by atoms with Gasteiger partial charge in [0, 0.05) is 25.0 Å². The number of ether oxygens (including phenoxy) is 1. The Kier molecular flexibility index (Phi) is 5.12. The normalized spacial score (nSPS) is 25.3. The molecule has 1 atom stereocenters. The van der Waals surface area contributed by atoms with Crippen molar-refractivity contribution in [3.05, 3.63) is 0 Å². The lowest BCUT2D eigenvalue weighted by molar-refractivity contribution is 0.0252. The molecule has 0 radical (unpaired) electrons. The minimum Gasteiger partial charge on any atom is -0.444 e. The maximum Gasteiger partial charge on any atom is 0.410 e. The van der Waals surface area contributed by atoms with Gasteiger partial charge in [0.05, 0.1) is 0 Å². The Morgan fingerprint density at radius 3 is 2.53 bits per heavy atom. The van der Waals surface area contributed by atoms with E-state index in [0.29, 0.717) is 32.4 Å². The van der Waals surface area contributed by atoms with Gasteiger partial charge in [0.25, 0.3) is 0 Å². The Morgan fingerprint density at radius 1 is 1.37 bits per heavy atom. The molecule has 0 bridgehead atoms. The van der Waals surface area contributed by atoms with Crippen LogP contribution >= 0.6 is 0 Å². The Morgan fingerprint density at radius 2 is 2.00 bits per heavy atom. The molecule has 4 nitrogen and oxygen atoms in total. The van der Waals surface area contributed by atoms with Crippen LogP contribution in [0.25, 0.3) is 0 Å². The van der Waals surface area contributed by atoms with Crippen molar-refractivity contribution in [1.29, 1.82) is 0 Å². The lowest BCUT2D eigenvalue weighted by atomic mass is 9.88. The SMILES string of the molecule is CC(C)(C)OC(=O)N1CCCC(N)(CC(F)F)CC1. The Bertz CT molecular complexity index is 318. The fraction of sp³-hybridized carbons (Fsp3) is 0.923. The van der Waals surface area contributed by atoms with E-state index >= 15 is 0 Å². The molecule has 0 aromatic carbocycles. The van der Waals surface area contributed by atoms with Crippen LogP contribution in [-0.4, -0.2) is 41.6 Å². The van der Waals surface area contributed by atoms with Gasteiger partial charge >= 0.3 is 6.09 Å². The Balaban J connectivity index is 2.56. The summed E-state index contributed by atoms with van der Waals surface area (Å²) >= 11 is 0. The number of nitrogens with zero attached hydrogens (tertiary/aromatic N) is 1. The lowest BCUT2D eigenvalue weighted by Crippen LogP contribution is -2.43. The summed E-state index contributed by atoms with van der Waals surface area (Å²) in [5.74, 6) is 0. The zero-order valence-corrected chi connectivity index (χ0v) is 11.9. The van der Waals surface area contributed by atoms with Crippen LogP contribution < -0.4 is 5.73 Å². The molecule has 1 fully saturated rings. The van der Waals surface area contributed by atoms with Crippen molar-refractivity contribution in [3.8, 4) is 0 Å². The van der Waals surface area contributed by atoms with Gasteiger partial charge in [-0.05, 0) is 40.0 Å². The van der Waals surface area contributed by atoms with Crippen LogP contribution in [-0.2, 0) is 4.74 Å². The molecule has 1 amide bonds. The van der Waals surface area contributed by atoms with Gasteiger partial charge in [0.15, 0.2) is 0 Å². The van der Waals surface area contributed by atoms with Crippen LogP contribution in [0.15, 0.2) is 0 Å². The number of halogens is 2. The molecule has 112 valence electrons. The molecule has 6 heteroatoms. The van der Waals surface area contributed by atoms with Crippen LogP contribution in [0.5, 0.6) is 0 Å². The van der Waals surface area contributed by atoms with Crippen molar-refractivity contribution in [2.24, 2.45) is 5.73 Å². The number of alkyl halides is 2. The molecule has 0 aliphatic carbocycles. The van der Waals surface area contributed by atoms with Crippen molar-refractivity contribution in [2.75, 3.05) is 13.1 Å². The topological polar surface area (TPSA) is 55.6 Å². The summed E-state index contributed by atoms with van der Waals surface area (Å²) in [5, 5.41) is 0. The van der Waals surface area contributed by atoms with E-state index in [2.05, 4.69) is 0 Å². The Labute approximate surface area is 113 Å². The molecular weight excluding hydrogens is 254 g/mol. The van der Waals surface area contributed by atoms with Crippen LogP contribution in [0.3, 0.4) is 0 Å². The second kappa shape index (κ2) is 6.03. The van der Waals surface area contributed by atoms with Gasteiger partial charge in [-0.15, -0.1) is 0 Å². The molecule has 2 N–H and O–H groups in total. The van der Waals surface area contributed by atoms with Crippen LogP contribution in [0.4, 0.5) is 13.6 Å². The summed E-state index contributed by atoms with van der Waals surface area (Å²) < 4.78 is 30.3. The maximum absolute atomic E-state index is 12.5. The third kappa shape index (κ3) is 5.72. The zero-order valence-electron chi connectivity index (χ0n) is 11.9.